The Labute approximate surface area is 136 Å². The number of hydrogen-bond donors (Lipinski definition) is 1. The Bertz CT molecular complexity index is 700. The van der Waals surface area contributed by atoms with Gasteiger partial charge in [-0.25, -0.2) is 8.78 Å². The number of carbonyl (C=O) groups excluding carboxylic acids is 2. The number of halogens is 3. The van der Waals surface area contributed by atoms with Gasteiger partial charge in [0.15, 0.2) is 6.61 Å². The van der Waals surface area contributed by atoms with Crippen molar-refractivity contribution in [3.8, 4) is 0 Å². The normalized spacial score (nSPS) is 10.2. The number of benzene rings is 2. The van der Waals surface area contributed by atoms with Gasteiger partial charge in [-0.2, -0.15) is 0 Å². The molecule has 0 bridgehead atoms. The van der Waals surface area contributed by atoms with Crippen LogP contribution in [0.25, 0.3) is 0 Å². The van der Waals surface area contributed by atoms with Crippen molar-refractivity contribution in [3.63, 3.8) is 0 Å². The molecule has 0 aliphatic rings. The molecule has 0 radical (unpaired) electrons. The minimum absolute atomic E-state index is 0.0121. The summed E-state index contributed by atoms with van der Waals surface area (Å²) in [5.74, 6) is -2.43. The molecule has 0 atom stereocenters. The third-order valence-corrected chi connectivity index (χ3v) is 3.23. The lowest BCUT2D eigenvalue weighted by atomic mass is 10.1. The number of rotatable bonds is 5. The number of ether oxygens (including phenoxy) is 1. The van der Waals surface area contributed by atoms with Gasteiger partial charge in [-0.05, 0) is 36.4 Å². The molecule has 0 saturated heterocycles. The molecule has 0 heterocycles. The maximum atomic E-state index is 13.5. The lowest BCUT2D eigenvalue weighted by molar-refractivity contribution is -0.146. The number of carbonyl (C=O) groups is 2. The van der Waals surface area contributed by atoms with Gasteiger partial charge in [-0.15, -0.1) is 0 Å². The highest BCUT2D eigenvalue weighted by Gasteiger charge is 2.14. The van der Waals surface area contributed by atoms with E-state index in [0.29, 0.717) is 5.69 Å². The van der Waals surface area contributed by atoms with Crippen LogP contribution in [0.3, 0.4) is 0 Å². The van der Waals surface area contributed by atoms with E-state index in [1.165, 1.54) is 42.5 Å². The Hall–Kier alpha value is -2.47. The molecule has 2 rings (SSSR count). The third-order valence-electron chi connectivity index (χ3n) is 2.88. The standard InChI is InChI=1S/C16H12ClF2NO3/c17-13-2-1-3-14(19)12(13)8-16(22)23-9-15(21)20-11-6-4-10(18)5-7-11/h1-7H,8-9H2,(H,20,21). The van der Waals surface area contributed by atoms with Crippen LogP contribution in [-0.2, 0) is 20.7 Å². The van der Waals surface area contributed by atoms with Crippen molar-refractivity contribution in [1.29, 1.82) is 0 Å². The second kappa shape index (κ2) is 7.69. The minimum Gasteiger partial charge on any atom is -0.455 e. The molecule has 7 heteroatoms. The van der Waals surface area contributed by atoms with Crippen molar-refractivity contribution < 1.29 is 23.1 Å². The van der Waals surface area contributed by atoms with Gasteiger partial charge in [0.2, 0.25) is 0 Å². The van der Waals surface area contributed by atoms with Gasteiger partial charge in [-0.1, -0.05) is 17.7 Å². The molecule has 0 fully saturated rings. The first-order valence-electron chi connectivity index (χ1n) is 6.59. The van der Waals surface area contributed by atoms with Gasteiger partial charge in [0.1, 0.15) is 11.6 Å². The van der Waals surface area contributed by atoms with E-state index in [1.54, 1.807) is 0 Å². The van der Waals surface area contributed by atoms with Gasteiger partial charge in [0.05, 0.1) is 6.42 Å². The zero-order chi connectivity index (χ0) is 16.8. The molecule has 23 heavy (non-hydrogen) atoms. The average molecular weight is 340 g/mol. The number of anilines is 1. The maximum absolute atomic E-state index is 13.5. The molecule has 4 nitrogen and oxygen atoms in total. The van der Waals surface area contributed by atoms with E-state index < -0.39 is 30.1 Å². The van der Waals surface area contributed by atoms with Gasteiger partial charge < -0.3 is 10.1 Å². The Balaban J connectivity index is 1.84. The van der Waals surface area contributed by atoms with E-state index in [9.17, 15) is 18.4 Å². The number of esters is 1. The molecule has 2 aromatic carbocycles. The maximum Gasteiger partial charge on any atom is 0.310 e. The highest BCUT2D eigenvalue weighted by molar-refractivity contribution is 6.31. The molecule has 2 aromatic rings. The zero-order valence-corrected chi connectivity index (χ0v) is 12.6. The molecule has 0 aliphatic heterocycles. The fourth-order valence-corrected chi connectivity index (χ4v) is 2.00. The van der Waals surface area contributed by atoms with Gasteiger partial charge in [-0.3, -0.25) is 9.59 Å². The van der Waals surface area contributed by atoms with Gasteiger partial charge >= 0.3 is 5.97 Å². The molecule has 0 aromatic heterocycles. The predicted octanol–water partition coefficient (Wildman–Crippen LogP) is 3.34. The Morgan fingerprint density at radius 1 is 1.09 bits per heavy atom. The molecular formula is C16H12ClF2NO3. The molecule has 0 unspecified atom stereocenters. The Morgan fingerprint density at radius 2 is 1.78 bits per heavy atom. The van der Waals surface area contributed by atoms with E-state index in [2.05, 4.69) is 5.32 Å². The second-order valence-electron chi connectivity index (χ2n) is 4.59. The van der Waals surface area contributed by atoms with Crippen LogP contribution in [0.2, 0.25) is 5.02 Å². The van der Waals surface area contributed by atoms with E-state index >= 15 is 0 Å². The Kier molecular flexibility index (Phi) is 5.65. The van der Waals surface area contributed by atoms with E-state index in [4.69, 9.17) is 16.3 Å². The van der Waals surface area contributed by atoms with Gasteiger partial charge in [0, 0.05) is 16.3 Å². The van der Waals surface area contributed by atoms with E-state index in [-0.39, 0.29) is 17.0 Å². The predicted molar refractivity (Wildman–Crippen MR) is 81.1 cm³/mol. The van der Waals surface area contributed by atoms with Crippen LogP contribution in [0.1, 0.15) is 5.56 Å². The second-order valence-corrected chi connectivity index (χ2v) is 5.00. The molecular weight excluding hydrogens is 328 g/mol. The minimum atomic E-state index is -0.786. The Morgan fingerprint density at radius 3 is 2.43 bits per heavy atom. The number of hydrogen-bond acceptors (Lipinski definition) is 3. The first kappa shape index (κ1) is 16.9. The van der Waals surface area contributed by atoms with E-state index in [1.807, 2.05) is 0 Å². The molecule has 120 valence electrons. The fourth-order valence-electron chi connectivity index (χ4n) is 1.77. The van der Waals surface area contributed by atoms with Crippen molar-refractivity contribution in [2.75, 3.05) is 11.9 Å². The summed E-state index contributed by atoms with van der Waals surface area (Å²) >= 11 is 5.80. The molecule has 0 saturated carbocycles. The van der Waals surface area contributed by atoms with Crippen LogP contribution in [0.4, 0.5) is 14.5 Å². The van der Waals surface area contributed by atoms with Crippen LogP contribution in [0.5, 0.6) is 0 Å². The summed E-state index contributed by atoms with van der Waals surface area (Å²) in [5, 5.41) is 2.54. The lowest BCUT2D eigenvalue weighted by Crippen LogP contribution is -2.21. The lowest BCUT2D eigenvalue weighted by Gasteiger charge is -2.08. The highest BCUT2D eigenvalue weighted by atomic mass is 35.5. The van der Waals surface area contributed by atoms with Crippen molar-refractivity contribution in [2.24, 2.45) is 0 Å². The summed E-state index contributed by atoms with van der Waals surface area (Å²) in [5.41, 5.74) is 0.378. The first-order chi connectivity index (χ1) is 11.0. The average Bonchev–Trinajstić information content (AvgIpc) is 2.51. The summed E-state index contributed by atoms with van der Waals surface area (Å²) < 4.78 is 31.0. The quantitative estimate of drug-likeness (QED) is 0.850. The monoisotopic (exact) mass is 339 g/mol. The van der Waals surface area contributed by atoms with Crippen LogP contribution in [-0.4, -0.2) is 18.5 Å². The molecule has 0 spiro atoms. The fraction of sp³-hybridized carbons (Fsp3) is 0.125. The van der Waals surface area contributed by atoms with Crippen molar-refractivity contribution in [2.45, 2.75) is 6.42 Å². The third kappa shape index (κ3) is 5.03. The van der Waals surface area contributed by atoms with Crippen LogP contribution < -0.4 is 5.32 Å². The highest BCUT2D eigenvalue weighted by Crippen LogP contribution is 2.19. The summed E-state index contributed by atoms with van der Waals surface area (Å²) in [4.78, 5) is 23.2. The SMILES string of the molecule is O=C(COC(=O)Cc1c(F)cccc1Cl)Nc1ccc(F)cc1. The molecule has 1 amide bonds. The smallest absolute Gasteiger partial charge is 0.310 e. The van der Waals surface area contributed by atoms with E-state index in [0.717, 1.165) is 0 Å². The molecule has 1 N–H and O–H groups in total. The van der Waals surface area contributed by atoms with Crippen molar-refractivity contribution >= 4 is 29.2 Å². The largest absolute Gasteiger partial charge is 0.455 e. The molecule has 0 aliphatic carbocycles. The van der Waals surface area contributed by atoms with Crippen molar-refractivity contribution in [3.05, 3.63) is 64.7 Å². The van der Waals surface area contributed by atoms with Crippen LogP contribution in [0, 0.1) is 11.6 Å². The summed E-state index contributed by atoms with van der Waals surface area (Å²) in [6.07, 6.45) is -0.380. The summed E-state index contributed by atoms with van der Waals surface area (Å²) in [6.45, 7) is -0.539. The summed E-state index contributed by atoms with van der Waals surface area (Å²) in [7, 11) is 0. The summed E-state index contributed by atoms with van der Waals surface area (Å²) in [6, 6.07) is 9.15. The number of nitrogens with one attached hydrogen (secondary N) is 1. The zero-order valence-electron chi connectivity index (χ0n) is 11.8. The van der Waals surface area contributed by atoms with Crippen molar-refractivity contribution in [1.82, 2.24) is 0 Å². The first-order valence-corrected chi connectivity index (χ1v) is 6.97. The number of amides is 1. The van der Waals surface area contributed by atoms with Gasteiger partial charge in [0.25, 0.3) is 5.91 Å². The van der Waals surface area contributed by atoms with Crippen LogP contribution in [0.15, 0.2) is 42.5 Å². The van der Waals surface area contributed by atoms with Crippen LogP contribution >= 0.6 is 11.6 Å². The topological polar surface area (TPSA) is 55.4 Å².